The van der Waals surface area contributed by atoms with E-state index < -0.39 is 0 Å². The number of para-hydroxylation sites is 1. The van der Waals surface area contributed by atoms with Crippen LogP contribution in [0.4, 0.5) is 4.39 Å². The quantitative estimate of drug-likeness (QED) is 0.563. The van der Waals surface area contributed by atoms with Crippen LogP contribution >= 0.6 is 0 Å². The van der Waals surface area contributed by atoms with Crippen molar-refractivity contribution >= 4 is 11.8 Å². The van der Waals surface area contributed by atoms with Gasteiger partial charge in [0.05, 0.1) is 14.2 Å². The zero-order chi connectivity index (χ0) is 24.5. The largest absolute Gasteiger partial charge is 0.497 e. The molecule has 0 saturated carbocycles. The lowest BCUT2D eigenvalue weighted by Crippen LogP contribution is -2.50. The fourth-order valence-electron chi connectivity index (χ4n) is 4.81. The van der Waals surface area contributed by atoms with Gasteiger partial charge in [-0.15, -0.1) is 0 Å². The fourth-order valence-corrected chi connectivity index (χ4v) is 4.81. The molecule has 0 unspecified atom stereocenters. The number of ether oxygens (including phenoxy) is 2. The van der Waals surface area contributed by atoms with Crippen molar-refractivity contribution in [1.82, 2.24) is 19.6 Å². The van der Waals surface area contributed by atoms with Crippen molar-refractivity contribution in [2.75, 3.05) is 40.4 Å². The monoisotopic (exact) mass is 478 g/mol. The Hall–Kier alpha value is -3.88. The van der Waals surface area contributed by atoms with Crippen LogP contribution in [0.1, 0.15) is 38.5 Å². The van der Waals surface area contributed by atoms with Crippen molar-refractivity contribution in [3.05, 3.63) is 70.8 Å². The highest BCUT2D eigenvalue weighted by molar-refractivity contribution is 5.96. The third-order valence-electron chi connectivity index (χ3n) is 6.67. The summed E-state index contributed by atoms with van der Waals surface area (Å²) < 4.78 is 26.6. The van der Waals surface area contributed by atoms with Crippen LogP contribution in [-0.2, 0) is 12.8 Å². The standard InChI is InChI=1S/C26H27FN4O4/c1-34-18-14-17(15-19(16-18)35-2)25(32)29-10-12-30(13-11-29)26(33)24-20-6-5-9-22(20)31(28-24)23-8-4-3-7-21(23)27/h3-4,7-8,14-16H,5-6,9-13H2,1-2H3. The summed E-state index contributed by atoms with van der Waals surface area (Å²) in [5, 5.41) is 4.56. The average molecular weight is 479 g/mol. The molecule has 2 amide bonds. The lowest BCUT2D eigenvalue weighted by atomic mass is 10.1. The minimum Gasteiger partial charge on any atom is -0.497 e. The van der Waals surface area contributed by atoms with E-state index in [2.05, 4.69) is 5.10 Å². The van der Waals surface area contributed by atoms with Crippen LogP contribution in [0.5, 0.6) is 11.5 Å². The van der Waals surface area contributed by atoms with Crippen molar-refractivity contribution in [2.45, 2.75) is 19.3 Å². The number of amides is 2. The van der Waals surface area contributed by atoms with Crippen molar-refractivity contribution in [3.63, 3.8) is 0 Å². The molecule has 1 aliphatic heterocycles. The first-order valence-electron chi connectivity index (χ1n) is 11.7. The predicted octanol–water partition coefficient (Wildman–Crippen LogP) is 3.12. The molecule has 0 spiro atoms. The molecule has 0 N–H and O–H groups in total. The van der Waals surface area contributed by atoms with Crippen LogP contribution in [0.15, 0.2) is 42.5 Å². The summed E-state index contributed by atoms with van der Waals surface area (Å²) in [7, 11) is 3.08. The summed E-state index contributed by atoms with van der Waals surface area (Å²) in [6.07, 6.45) is 2.42. The van der Waals surface area contributed by atoms with Gasteiger partial charge in [-0.3, -0.25) is 9.59 Å². The molecule has 2 aromatic carbocycles. The Labute approximate surface area is 202 Å². The molecule has 3 aromatic rings. The van der Waals surface area contributed by atoms with Crippen molar-refractivity contribution in [1.29, 1.82) is 0 Å². The first-order chi connectivity index (χ1) is 17.0. The molecular weight excluding hydrogens is 451 g/mol. The molecule has 8 nitrogen and oxygen atoms in total. The van der Waals surface area contributed by atoms with E-state index in [1.807, 2.05) is 0 Å². The Morgan fingerprint density at radius 3 is 2.14 bits per heavy atom. The van der Waals surface area contributed by atoms with Gasteiger partial charge in [0.25, 0.3) is 11.8 Å². The summed E-state index contributed by atoms with van der Waals surface area (Å²) in [5.41, 5.74) is 3.02. The van der Waals surface area contributed by atoms with Gasteiger partial charge in [-0.1, -0.05) is 12.1 Å². The van der Waals surface area contributed by atoms with E-state index >= 15 is 0 Å². The van der Waals surface area contributed by atoms with Crippen molar-refractivity contribution < 1.29 is 23.5 Å². The molecule has 1 fully saturated rings. The van der Waals surface area contributed by atoms with Crippen LogP contribution in [0, 0.1) is 5.82 Å². The van der Waals surface area contributed by atoms with Gasteiger partial charge in [0.15, 0.2) is 5.69 Å². The van der Waals surface area contributed by atoms with E-state index in [-0.39, 0.29) is 17.6 Å². The minimum absolute atomic E-state index is 0.140. The van der Waals surface area contributed by atoms with E-state index in [0.717, 1.165) is 30.5 Å². The maximum atomic E-state index is 14.5. The van der Waals surface area contributed by atoms with Gasteiger partial charge in [-0.2, -0.15) is 5.10 Å². The lowest BCUT2D eigenvalue weighted by molar-refractivity contribution is 0.0531. The van der Waals surface area contributed by atoms with Crippen molar-refractivity contribution in [3.8, 4) is 17.2 Å². The molecule has 0 bridgehead atoms. The van der Waals surface area contributed by atoms with Crippen LogP contribution in [0.25, 0.3) is 5.69 Å². The van der Waals surface area contributed by atoms with Gasteiger partial charge in [0, 0.05) is 49.1 Å². The molecule has 0 atom stereocenters. The van der Waals surface area contributed by atoms with Gasteiger partial charge in [0.1, 0.15) is 23.0 Å². The lowest BCUT2D eigenvalue weighted by Gasteiger charge is -2.34. The summed E-state index contributed by atoms with van der Waals surface area (Å²) >= 11 is 0. The Morgan fingerprint density at radius 1 is 0.886 bits per heavy atom. The third kappa shape index (κ3) is 4.22. The number of rotatable bonds is 5. The smallest absolute Gasteiger partial charge is 0.274 e. The number of carbonyl (C=O) groups excluding carboxylic acids is 2. The first kappa shape index (κ1) is 22.9. The summed E-state index contributed by atoms with van der Waals surface area (Å²) in [6.45, 7) is 1.60. The molecule has 2 aliphatic rings. The Kier molecular flexibility index (Phi) is 6.15. The van der Waals surface area contributed by atoms with E-state index in [0.29, 0.717) is 54.6 Å². The highest BCUT2D eigenvalue weighted by Gasteiger charge is 2.32. The Balaban J connectivity index is 1.32. The van der Waals surface area contributed by atoms with Gasteiger partial charge >= 0.3 is 0 Å². The number of hydrogen-bond acceptors (Lipinski definition) is 5. The number of aromatic nitrogens is 2. The molecular formula is C26H27FN4O4. The number of carbonyl (C=O) groups is 2. The molecule has 9 heteroatoms. The van der Waals surface area contributed by atoms with Crippen LogP contribution in [0.2, 0.25) is 0 Å². The van der Waals surface area contributed by atoms with Gasteiger partial charge < -0.3 is 19.3 Å². The number of hydrogen-bond donors (Lipinski definition) is 0. The van der Waals surface area contributed by atoms with E-state index in [1.54, 1.807) is 50.9 Å². The SMILES string of the molecule is COc1cc(OC)cc(C(=O)N2CCN(C(=O)c3nn(-c4ccccc4F)c4c3CCC4)CC2)c1. The Morgan fingerprint density at radius 2 is 1.51 bits per heavy atom. The van der Waals surface area contributed by atoms with E-state index in [1.165, 1.54) is 20.3 Å². The molecule has 1 aromatic heterocycles. The van der Waals surface area contributed by atoms with Crippen LogP contribution in [0.3, 0.4) is 0 Å². The molecule has 2 heterocycles. The molecule has 5 rings (SSSR count). The minimum atomic E-state index is -0.370. The molecule has 0 radical (unpaired) electrons. The highest BCUT2D eigenvalue weighted by atomic mass is 19.1. The second kappa shape index (κ2) is 9.40. The maximum absolute atomic E-state index is 14.5. The van der Waals surface area contributed by atoms with Crippen molar-refractivity contribution in [2.24, 2.45) is 0 Å². The number of methoxy groups -OCH3 is 2. The topological polar surface area (TPSA) is 76.9 Å². The van der Waals surface area contributed by atoms with E-state index in [9.17, 15) is 14.0 Å². The number of nitrogens with zero attached hydrogens (tertiary/aromatic N) is 4. The molecule has 182 valence electrons. The zero-order valence-corrected chi connectivity index (χ0v) is 19.8. The third-order valence-corrected chi connectivity index (χ3v) is 6.67. The van der Waals surface area contributed by atoms with E-state index in [4.69, 9.17) is 9.47 Å². The summed E-state index contributed by atoms with van der Waals surface area (Å²) in [6, 6.07) is 11.5. The highest BCUT2D eigenvalue weighted by Crippen LogP contribution is 2.30. The van der Waals surface area contributed by atoms with Gasteiger partial charge in [-0.25, -0.2) is 9.07 Å². The molecule has 1 saturated heterocycles. The fraction of sp³-hybridized carbons (Fsp3) is 0.346. The number of benzene rings is 2. The van der Waals surface area contributed by atoms with Gasteiger partial charge in [0.2, 0.25) is 0 Å². The van der Waals surface area contributed by atoms with Crippen LogP contribution in [-0.4, -0.2) is 71.8 Å². The molecule has 35 heavy (non-hydrogen) atoms. The van der Waals surface area contributed by atoms with Gasteiger partial charge in [-0.05, 0) is 43.5 Å². The molecule has 1 aliphatic carbocycles. The summed E-state index contributed by atoms with van der Waals surface area (Å²) in [5.74, 6) is 0.402. The number of halogens is 1. The normalized spacial score (nSPS) is 15.2. The number of piperazine rings is 1. The average Bonchev–Trinajstić information content (AvgIpc) is 3.51. The Bertz CT molecular complexity index is 1260. The number of fused-ring (bicyclic) bond motifs is 1. The second-order valence-electron chi connectivity index (χ2n) is 8.68. The first-order valence-corrected chi connectivity index (χ1v) is 11.7. The second-order valence-corrected chi connectivity index (χ2v) is 8.68. The summed E-state index contributed by atoms with van der Waals surface area (Å²) in [4.78, 5) is 30.0. The zero-order valence-electron chi connectivity index (χ0n) is 19.8. The maximum Gasteiger partial charge on any atom is 0.274 e. The van der Waals surface area contributed by atoms with Crippen LogP contribution < -0.4 is 9.47 Å². The predicted molar refractivity (Wildman–Crippen MR) is 127 cm³/mol.